The molecule has 1 amide bonds. The molecule has 0 aliphatic heterocycles. The maximum absolute atomic E-state index is 12.9. The number of amides is 1. The second-order valence-electron chi connectivity index (χ2n) is 4.03. The molecular formula is C11H10BrF2NO. The normalized spacial score (nSPS) is 16.9. The van der Waals surface area contributed by atoms with Crippen molar-refractivity contribution in [1.29, 1.82) is 0 Å². The minimum Gasteiger partial charge on any atom is -0.346 e. The smallest absolute Gasteiger partial charge is 0.251 e. The third-order valence-electron chi connectivity index (χ3n) is 2.61. The fraction of sp³-hybridized carbons (Fsp3) is 0.364. The van der Waals surface area contributed by atoms with Crippen LogP contribution in [0.25, 0.3) is 0 Å². The van der Waals surface area contributed by atoms with E-state index in [9.17, 15) is 13.6 Å². The Kier molecular flexibility index (Phi) is 2.97. The number of carbonyl (C=O) groups is 1. The van der Waals surface area contributed by atoms with E-state index in [1.807, 2.05) is 0 Å². The van der Waals surface area contributed by atoms with Crippen molar-refractivity contribution < 1.29 is 13.6 Å². The second-order valence-corrected chi connectivity index (χ2v) is 4.59. The van der Waals surface area contributed by atoms with Gasteiger partial charge in [0.25, 0.3) is 5.91 Å². The zero-order valence-corrected chi connectivity index (χ0v) is 9.98. The average Bonchev–Trinajstić information content (AvgIpc) is 2.97. The molecule has 1 aliphatic carbocycles. The maximum Gasteiger partial charge on any atom is 0.251 e. The van der Waals surface area contributed by atoms with Crippen LogP contribution in [-0.4, -0.2) is 16.8 Å². The highest BCUT2D eigenvalue weighted by molar-refractivity contribution is 9.09. The van der Waals surface area contributed by atoms with Crippen LogP contribution in [0.3, 0.4) is 0 Å². The van der Waals surface area contributed by atoms with Crippen molar-refractivity contribution in [3.05, 3.63) is 35.4 Å². The van der Waals surface area contributed by atoms with Gasteiger partial charge in [-0.3, -0.25) is 4.79 Å². The topological polar surface area (TPSA) is 29.1 Å². The molecule has 0 bridgehead atoms. The molecule has 2 rings (SSSR count). The van der Waals surface area contributed by atoms with E-state index in [2.05, 4.69) is 21.2 Å². The van der Waals surface area contributed by atoms with Gasteiger partial charge in [0.1, 0.15) is 11.6 Å². The summed E-state index contributed by atoms with van der Waals surface area (Å²) < 4.78 is 25.8. The number of hydrogen-bond donors (Lipinski definition) is 1. The molecule has 0 atom stereocenters. The summed E-state index contributed by atoms with van der Waals surface area (Å²) in [7, 11) is 0. The highest BCUT2D eigenvalue weighted by Crippen LogP contribution is 2.37. The first-order valence-corrected chi connectivity index (χ1v) is 6.01. The fourth-order valence-corrected chi connectivity index (χ4v) is 2.14. The lowest BCUT2D eigenvalue weighted by molar-refractivity contribution is 0.0935. The molecule has 16 heavy (non-hydrogen) atoms. The van der Waals surface area contributed by atoms with E-state index in [1.165, 1.54) is 0 Å². The van der Waals surface area contributed by atoms with Gasteiger partial charge in [0.2, 0.25) is 0 Å². The standard InChI is InChI=1S/C11H10BrF2NO/c12-6-11(1-2-11)15-10(16)7-3-8(13)5-9(14)4-7/h3-5H,1-2,6H2,(H,15,16). The summed E-state index contributed by atoms with van der Waals surface area (Å²) in [6.45, 7) is 0. The number of benzene rings is 1. The minimum atomic E-state index is -0.742. The molecular weight excluding hydrogens is 280 g/mol. The van der Waals surface area contributed by atoms with Gasteiger partial charge in [-0.15, -0.1) is 0 Å². The van der Waals surface area contributed by atoms with Crippen molar-refractivity contribution in [2.75, 3.05) is 5.33 Å². The SMILES string of the molecule is O=C(NC1(CBr)CC1)c1cc(F)cc(F)c1. The molecule has 86 valence electrons. The highest BCUT2D eigenvalue weighted by Gasteiger charge is 2.43. The Balaban J connectivity index is 2.14. The van der Waals surface area contributed by atoms with E-state index < -0.39 is 17.5 Å². The Hall–Kier alpha value is -0.970. The molecule has 1 saturated carbocycles. The summed E-state index contributed by atoms with van der Waals surface area (Å²) in [5, 5.41) is 3.42. The Morgan fingerprint density at radius 1 is 1.31 bits per heavy atom. The van der Waals surface area contributed by atoms with Gasteiger partial charge < -0.3 is 5.32 Å². The van der Waals surface area contributed by atoms with Crippen molar-refractivity contribution >= 4 is 21.8 Å². The zero-order chi connectivity index (χ0) is 11.8. The molecule has 0 spiro atoms. The summed E-state index contributed by atoms with van der Waals surface area (Å²) in [4.78, 5) is 11.7. The fourth-order valence-electron chi connectivity index (χ4n) is 1.44. The Labute approximate surface area is 100 Å². The Morgan fingerprint density at radius 2 is 1.88 bits per heavy atom. The van der Waals surface area contributed by atoms with Gasteiger partial charge in [-0.25, -0.2) is 8.78 Å². The third-order valence-corrected chi connectivity index (χ3v) is 3.69. The monoisotopic (exact) mass is 289 g/mol. The van der Waals surface area contributed by atoms with Crippen LogP contribution >= 0.6 is 15.9 Å². The van der Waals surface area contributed by atoms with Gasteiger partial charge in [-0.05, 0) is 25.0 Å². The van der Waals surface area contributed by atoms with E-state index >= 15 is 0 Å². The van der Waals surface area contributed by atoms with Crippen LogP contribution in [0, 0.1) is 11.6 Å². The van der Waals surface area contributed by atoms with Crippen LogP contribution in [-0.2, 0) is 0 Å². The van der Waals surface area contributed by atoms with Crippen LogP contribution < -0.4 is 5.32 Å². The predicted molar refractivity (Wildman–Crippen MR) is 59.6 cm³/mol. The molecule has 1 fully saturated rings. The van der Waals surface area contributed by atoms with Gasteiger partial charge in [0, 0.05) is 17.0 Å². The Morgan fingerprint density at radius 3 is 2.31 bits per heavy atom. The van der Waals surface area contributed by atoms with Crippen molar-refractivity contribution in [3.63, 3.8) is 0 Å². The van der Waals surface area contributed by atoms with E-state index in [-0.39, 0.29) is 11.1 Å². The van der Waals surface area contributed by atoms with Gasteiger partial charge in [0.05, 0.1) is 5.54 Å². The number of alkyl halides is 1. The highest BCUT2D eigenvalue weighted by atomic mass is 79.9. The van der Waals surface area contributed by atoms with E-state index in [4.69, 9.17) is 0 Å². The summed E-state index contributed by atoms with van der Waals surface area (Å²) in [5.41, 5.74) is -0.204. The largest absolute Gasteiger partial charge is 0.346 e. The minimum absolute atomic E-state index is 0.0183. The van der Waals surface area contributed by atoms with E-state index in [1.54, 1.807) is 0 Å². The number of halogens is 3. The zero-order valence-electron chi connectivity index (χ0n) is 8.40. The molecule has 1 N–H and O–H groups in total. The lowest BCUT2D eigenvalue weighted by Gasteiger charge is -2.14. The van der Waals surface area contributed by atoms with Crippen molar-refractivity contribution in [2.45, 2.75) is 18.4 Å². The predicted octanol–water partition coefficient (Wildman–Crippen LogP) is 2.62. The number of rotatable bonds is 3. The van der Waals surface area contributed by atoms with Crippen LogP contribution in [0.15, 0.2) is 18.2 Å². The van der Waals surface area contributed by atoms with Crippen molar-refractivity contribution in [3.8, 4) is 0 Å². The molecule has 0 saturated heterocycles. The lowest BCUT2D eigenvalue weighted by Crippen LogP contribution is -2.38. The molecule has 1 aromatic rings. The first-order valence-electron chi connectivity index (χ1n) is 4.89. The van der Waals surface area contributed by atoms with E-state index in [0.717, 1.165) is 31.0 Å². The molecule has 0 heterocycles. The molecule has 5 heteroatoms. The second kappa shape index (κ2) is 4.13. The quantitative estimate of drug-likeness (QED) is 0.852. The number of carbonyl (C=O) groups excluding carboxylic acids is 1. The van der Waals surface area contributed by atoms with E-state index in [0.29, 0.717) is 5.33 Å². The lowest BCUT2D eigenvalue weighted by atomic mass is 10.2. The van der Waals surface area contributed by atoms with Crippen molar-refractivity contribution in [1.82, 2.24) is 5.32 Å². The van der Waals surface area contributed by atoms with Gasteiger partial charge in [-0.1, -0.05) is 15.9 Å². The maximum atomic E-state index is 12.9. The van der Waals surface area contributed by atoms with Gasteiger partial charge in [0.15, 0.2) is 0 Å². The van der Waals surface area contributed by atoms with Crippen LogP contribution in [0.2, 0.25) is 0 Å². The third kappa shape index (κ3) is 2.40. The van der Waals surface area contributed by atoms with Gasteiger partial charge in [-0.2, -0.15) is 0 Å². The summed E-state index contributed by atoms with van der Waals surface area (Å²) in [6.07, 6.45) is 1.78. The Bertz CT molecular complexity index is 412. The molecule has 0 aromatic heterocycles. The average molecular weight is 290 g/mol. The molecule has 0 unspecified atom stereocenters. The first kappa shape index (κ1) is 11.5. The molecule has 1 aliphatic rings. The molecule has 0 radical (unpaired) electrons. The van der Waals surface area contributed by atoms with Crippen LogP contribution in [0.4, 0.5) is 8.78 Å². The van der Waals surface area contributed by atoms with Crippen LogP contribution in [0.1, 0.15) is 23.2 Å². The number of hydrogen-bond acceptors (Lipinski definition) is 1. The first-order chi connectivity index (χ1) is 7.54. The summed E-state index contributed by atoms with van der Waals surface area (Å²) in [6, 6.07) is 2.81. The molecule has 1 aromatic carbocycles. The summed E-state index contributed by atoms with van der Waals surface area (Å²) in [5.74, 6) is -1.92. The van der Waals surface area contributed by atoms with Crippen LogP contribution in [0.5, 0.6) is 0 Å². The number of nitrogens with one attached hydrogen (secondary N) is 1. The molecule has 2 nitrogen and oxygen atoms in total. The van der Waals surface area contributed by atoms with Gasteiger partial charge >= 0.3 is 0 Å². The van der Waals surface area contributed by atoms with Crippen molar-refractivity contribution in [2.24, 2.45) is 0 Å². The summed E-state index contributed by atoms with van der Waals surface area (Å²) >= 11 is 3.30.